The first-order valence-corrected chi connectivity index (χ1v) is 5.28. The Bertz CT molecular complexity index is 211. The Balaban J connectivity index is 2.44. The standard InChI is InChI=1S/C10H20N2O3/c1-12-6-8(10(14)15-2)5-9(7-12)11-3-4-13/h8-9,11,13H,3-7H2,1-2H3. The van der Waals surface area contributed by atoms with Gasteiger partial charge in [0.2, 0.25) is 0 Å². The van der Waals surface area contributed by atoms with E-state index >= 15 is 0 Å². The van der Waals surface area contributed by atoms with E-state index < -0.39 is 0 Å². The van der Waals surface area contributed by atoms with E-state index in [2.05, 4.69) is 10.2 Å². The van der Waals surface area contributed by atoms with E-state index in [4.69, 9.17) is 9.84 Å². The molecule has 0 bridgehead atoms. The van der Waals surface area contributed by atoms with Gasteiger partial charge >= 0.3 is 5.97 Å². The lowest BCUT2D eigenvalue weighted by Gasteiger charge is -2.34. The van der Waals surface area contributed by atoms with Crippen LogP contribution in [0.1, 0.15) is 6.42 Å². The molecular weight excluding hydrogens is 196 g/mol. The minimum absolute atomic E-state index is 0.0510. The van der Waals surface area contributed by atoms with Crippen LogP contribution in [0.2, 0.25) is 0 Å². The van der Waals surface area contributed by atoms with Crippen molar-refractivity contribution < 1.29 is 14.6 Å². The average molecular weight is 216 g/mol. The molecule has 0 spiro atoms. The molecule has 2 unspecified atom stereocenters. The molecule has 0 aliphatic carbocycles. The third-order valence-electron chi connectivity index (χ3n) is 2.71. The fourth-order valence-corrected chi connectivity index (χ4v) is 2.07. The van der Waals surface area contributed by atoms with E-state index in [1.807, 2.05) is 7.05 Å². The molecule has 5 heteroatoms. The predicted molar refractivity (Wildman–Crippen MR) is 56.5 cm³/mol. The molecule has 1 saturated heterocycles. The first-order valence-electron chi connectivity index (χ1n) is 5.28. The Labute approximate surface area is 90.4 Å². The number of hydrogen-bond acceptors (Lipinski definition) is 5. The zero-order valence-corrected chi connectivity index (χ0v) is 9.40. The number of likely N-dealkylation sites (tertiary alicyclic amines) is 1. The number of aliphatic hydroxyl groups excluding tert-OH is 1. The molecule has 0 amide bonds. The minimum atomic E-state index is -0.141. The summed E-state index contributed by atoms with van der Waals surface area (Å²) in [4.78, 5) is 13.5. The van der Waals surface area contributed by atoms with Crippen LogP contribution in [0.25, 0.3) is 0 Å². The number of esters is 1. The van der Waals surface area contributed by atoms with E-state index in [1.165, 1.54) is 7.11 Å². The molecule has 1 aliphatic rings. The number of rotatable bonds is 4. The molecule has 0 aromatic heterocycles. The van der Waals surface area contributed by atoms with Crippen molar-refractivity contribution in [2.24, 2.45) is 5.92 Å². The Hall–Kier alpha value is -0.650. The zero-order chi connectivity index (χ0) is 11.3. The van der Waals surface area contributed by atoms with Gasteiger partial charge in [-0.3, -0.25) is 4.79 Å². The van der Waals surface area contributed by atoms with Gasteiger partial charge in [-0.25, -0.2) is 0 Å². The van der Waals surface area contributed by atoms with Crippen LogP contribution in [-0.4, -0.2) is 62.4 Å². The van der Waals surface area contributed by atoms with Crippen molar-refractivity contribution in [1.29, 1.82) is 0 Å². The van der Waals surface area contributed by atoms with Gasteiger partial charge in [-0.2, -0.15) is 0 Å². The van der Waals surface area contributed by atoms with Crippen molar-refractivity contribution in [1.82, 2.24) is 10.2 Å². The third-order valence-corrected chi connectivity index (χ3v) is 2.71. The maximum Gasteiger partial charge on any atom is 0.310 e. The van der Waals surface area contributed by atoms with Gasteiger partial charge in [-0.15, -0.1) is 0 Å². The largest absolute Gasteiger partial charge is 0.469 e. The van der Waals surface area contributed by atoms with Crippen molar-refractivity contribution in [2.75, 3.05) is 40.4 Å². The Morgan fingerprint density at radius 3 is 2.93 bits per heavy atom. The highest BCUT2D eigenvalue weighted by molar-refractivity contribution is 5.72. The summed E-state index contributed by atoms with van der Waals surface area (Å²) in [6.45, 7) is 2.37. The average Bonchev–Trinajstić information content (AvgIpc) is 2.24. The summed E-state index contributed by atoms with van der Waals surface area (Å²) in [6, 6.07) is 0.264. The fourth-order valence-electron chi connectivity index (χ4n) is 2.07. The van der Waals surface area contributed by atoms with E-state index in [0.717, 1.165) is 19.5 Å². The van der Waals surface area contributed by atoms with Crippen molar-refractivity contribution in [3.05, 3.63) is 0 Å². The molecule has 0 radical (unpaired) electrons. The van der Waals surface area contributed by atoms with Crippen molar-refractivity contribution in [3.8, 4) is 0 Å². The number of nitrogens with one attached hydrogen (secondary N) is 1. The van der Waals surface area contributed by atoms with Crippen LogP contribution >= 0.6 is 0 Å². The van der Waals surface area contributed by atoms with Gasteiger partial charge in [0, 0.05) is 25.7 Å². The zero-order valence-electron chi connectivity index (χ0n) is 9.40. The lowest BCUT2D eigenvalue weighted by Crippen LogP contribution is -2.50. The number of hydrogen-bond donors (Lipinski definition) is 2. The minimum Gasteiger partial charge on any atom is -0.469 e. The Morgan fingerprint density at radius 1 is 1.60 bits per heavy atom. The molecule has 0 saturated carbocycles. The highest BCUT2D eigenvalue weighted by atomic mass is 16.5. The summed E-state index contributed by atoms with van der Waals surface area (Å²) in [5, 5.41) is 11.9. The second-order valence-corrected chi connectivity index (χ2v) is 4.05. The molecule has 1 aliphatic heterocycles. The molecule has 1 rings (SSSR count). The van der Waals surface area contributed by atoms with E-state index in [9.17, 15) is 4.79 Å². The van der Waals surface area contributed by atoms with Gasteiger partial charge in [0.15, 0.2) is 0 Å². The number of carbonyl (C=O) groups is 1. The number of piperidine rings is 1. The Kier molecular flexibility index (Phi) is 5.01. The van der Waals surface area contributed by atoms with Crippen molar-refractivity contribution in [3.63, 3.8) is 0 Å². The number of methoxy groups -OCH3 is 1. The fraction of sp³-hybridized carbons (Fsp3) is 0.900. The van der Waals surface area contributed by atoms with Crippen molar-refractivity contribution in [2.45, 2.75) is 12.5 Å². The molecule has 1 heterocycles. The van der Waals surface area contributed by atoms with Gasteiger partial charge in [0.1, 0.15) is 0 Å². The summed E-state index contributed by atoms with van der Waals surface area (Å²) in [5.74, 6) is -0.192. The number of nitrogens with zero attached hydrogens (tertiary/aromatic N) is 1. The summed E-state index contributed by atoms with van der Waals surface area (Å²) in [5.41, 5.74) is 0. The Morgan fingerprint density at radius 2 is 2.33 bits per heavy atom. The molecule has 1 fully saturated rings. The number of carbonyl (C=O) groups excluding carboxylic acids is 1. The maximum atomic E-state index is 11.4. The normalized spacial score (nSPS) is 27.7. The topological polar surface area (TPSA) is 61.8 Å². The number of ether oxygens (including phenoxy) is 1. The molecule has 0 aromatic carbocycles. The maximum absolute atomic E-state index is 11.4. The summed E-state index contributed by atoms with van der Waals surface area (Å²) in [7, 11) is 3.41. The van der Waals surface area contributed by atoms with E-state index in [0.29, 0.717) is 6.54 Å². The molecule has 2 N–H and O–H groups in total. The smallest absolute Gasteiger partial charge is 0.310 e. The van der Waals surface area contributed by atoms with Gasteiger partial charge in [0.05, 0.1) is 19.6 Å². The van der Waals surface area contributed by atoms with Crippen LogP contribution in [0.15, 0.2) is 0 Å². The molecule has 2 atom stereocenters. The lowest BCUT2D eigenvalue weighted by molar-refractivity contribution is -0.147. The number of aliphatic hydroxyl groups is 1. The van der Waals surface area contributed by atoms with Gasteiger partial charge in [-0.05, 0) is 13.5 Å². The SMILES string of the molecule is COC(=O)C1CC(NCCO)CN(C)C1. The molecule has 5 nitrogen and oxygen atoms in total. The summed E-state index contributed by atoms with van der Waals surface area (Å²) in [6.07, 6.45) is 0.789. The first kappa shape index (κ1) is 12.4. The quantitative estimate of drug-likeness (QED) is 0.594. The van der Waals surface area contributed by atoms with Gasteiger partial charge in [-0.1, -0.05) is 0 Å². The molecule has 0 aromatic rings. The predicted octanol–water partition coefficient (Wildman–Crippen LogP) is -0.938. The van der Waals surface area contributed by atoms with Crippen LogP contribution in [0.4, 0.5) is 0 Å². The molecule has 88 valence electrons. The molecule has 15 heavy (non-hydrogen) atoms. The van der Waals surface area contributed by atoms with Crippen molar-refractivity contribution >= 4 is 5.97 Å². The van der Waals surface area contributed by atoms with Gasteiger partial charge < -0.3 is 20.1 Å². The summed E-state index contributed by atoms with van der Waals surface area (Å²) < 4.78 is 4.75. The van der Waals surface area contributed by atoms with Crippen LogP contribution in [0.3, 0.4) is 0 Å². The second kappa shape index (κ2) is 6.05. The van der Waals surface area contributed by atoms with Crippen LogP contribution in [0.5, 0.6) is 0 Å². The highest BCUT2D eigenvalue weighted by Gasteiger charge is 2.30. The highest BCUT2D eigenvalue weighted by Crippen LogP contribution is 2.16. The van der Waals surface area contributed by atoms with E-state index in [-0.39, 0.29) is 24.5 Å². The summed E-state index contributed by atoms with van der Waals surface area (Å²) >= 11 is 0. The third kappa shape index (κ3) is 3.77. The first-order chi connectivity index (χ1) is 7.17. The van der Waals surface area contributed by atoms with Crippen LogP contribution in [0, 0.1) is 5.92 Å². The van der Waals surface area contributed by atoms with E-state index in [1.54, 1.807) is 0 Å². The number of likely N-dealkylation sites (N-methyl/N-ethyl adjacent to an activating group) is 1. The van der Waals surface area contributed by atoms with Gasteiger partial charge in [0.25, 0.3) is 0 Å². The van der Waals surface area contributed by atoms with Crippen LogP contribution < -0.4 is 5.32 Å². The second-order valence-electron chi connectivity index (χ2n) is 4.05. The lowest BCUT2D eigenvalue weighted by atomic mass is 9.94. The monoisotopic (exact) mass is 216 g/mol. The molecular formula is C10H20N2O3. The van der Waals surface area contributed by atoms with Crippen LogP contribution in [-0.2, 0) is 9.53 Å².